The summed E-state index contributed by atoms with van der Waals surface area (Å²) in [6.45, 7) is 6.37. The molecule has 2 amide bonds. The van der Waals surface area contributed by atoms with Gasteiger partial charge in [0.15, 0.2) is 6.10 Å². The predicted octanol–water partition coefficient (Wildman–Crippen LogP) is 3.09. The van der Waals surface area contributed by atoms with Crippen molar-refractivity contribution >= 4 is 17.5 Å². The molecule has 0 saturated heterocycles. The van der Waals surface area contributed by atoms with E-state index in [0.717, 1.165) is 11.1 Å². The molecule has 0 saturated carbocycles. The average Bonchev–Trinajstić information content (AvgIpc) is 2.65. The van der Waals surface area contributed by atoms with Crippen LogP contribution in [0.25, 0.3) is 0 Å². The Morgan fingerprint density at radius 2 is 1.70 bits per heavy atom. The summed E-state index contributed by atoms with van der Waals surface area (Å²) in [6, 6.07) is 12.7. The van der Waals surface area contributed by atoms with Gasteiger partial charge in [0.05, 0.1) is 17.9 Å². The van der Waals surface area contributed by atoms with Gasteiger partial charge in [0, 0.05) is 13.7 Å². The van der Waals surface area contributed by atoms with Crippen LogP contribution in [0.3, 0.4) is 0 Å². The lowest BCUT2D eigenvalue weighted by Crippen LogP contribution is -2.32. The fraction of sp³-hybridized carbons (Fsp3) is 0.333. The van der Waals surface area contributed by atoms with E-state index in [1.54, 1.807) is 38.3 Å². The Morgan fingerprint density at radius 3 is 2.37 bits per heavy atom. The van der Waals surface area contributed by atoms with Crippen LogP contribution >= 0.6 is 0 Å². The van der Waals surface area contributed by atoms with Crippen molar-refractivity contribution in [3.05, 3.63) is 59.2 Å². The molecule has 0 radical (unpaired) electrons. The molecule has 27 heavy (non-hydrogen) atoms. The fourth-order valence-corrected chi connectivity index (χ4v) is 2.60. The molecule has 6 heteroatoms. The molecule has 0 aliphatic carbocycles. The number of para-hydroxylation sites is 2. The molecule has 0 bridgehead atoms. The second-order valence-electron chi connectivity index (χ2n) is 6.26. The van der Waals surface area contributed by atoms with Crippen LogP contribution in [0.15, 0.2) is 42.5 Å². The Balaban J connectivity index is 2.08. The topological polar surface area (TPSA) is 76.7 Å². The highest BCUT2D eigenvalue weighted by Crippen LogP contribution is 2.24. The predicted molar refractivity (Wildman–Crippen MR) is 105 cm³/mol. The quantitative estimate of drug-likeness (QED) is 0.700. The number of aryl methyl sites for hydroxylation is 2. The standard InChI is InChI=1S/C21H26N2O4/c1-14-8-7-9-15(2)19(14)27-16(3)20(24)23-18-11-6-5-10-17(18)21(25)22-12-13-26-4/h5-11,16H,12-13H2,1-4H3,(H,22,25)(H,23,24). The van der Waals surface area contributed by atoms with Crippen LogP contribution in [0, 0.1) is 13.8 Å². The summed E-state index contributed by atoms with van der Waals surface area (Å²) in [6.07, 6.45) is -0.714. The second-order valence-corrected chi connectivity index (χ2v) is 6.26. The molecule has 0 spiro atoms. The van der Waals surface area contributed by atoms with Crippen molar-refractivity contribution in [2.45, 2.75) is 26.9 Å². The third kappa shape index (κ3) is 5.56. The van der Waals surface area contributed by atoms with E-state index in [9.17, 15) is 9.59 Å². The first-order chi connectivity index (χ1) is 12.9. The Bertz CT molecular complexity index is 784. The molecule has 2 aromatic rings. The highest BCUT2D eigenvalue weighted by Gasteiger charge is 2.19. The molecule has 2 rings (SSSR count). The summed E-state index contributed by atoms with van der Waals surface area (Å²) in [7, 11) is 1.57. The third-order valence-electron chi connectivity index (χ3n) is 4.09. The van der Waals surface area contributed by atoms with E-state index in [4.69, 9.17) is 9.47 Å². The molecule has 6 nitrogen and oxygen atoms in total. The number of anilines is 1. The highest BCUT2D eigenvalue weighted by molar-refractivity contribution is 6.04. The van der Waals surface area contributed by atoms with Gasteiger partial charge in [-0.05, 0) is 44.0 Å². The number of carbonyl (C=O) groups excluding carboxylic acids is 2. The van der Waals surface area contributed by atoms with Gasteiger partial charge >= 0.3 is 0 Å². The number of carbonyl (C=O) groups is 2. The Morgan fingerprint density at radius 1 is 1.04 bits per heavy atom. The molecule has 0 fully saturated rings. The van der Waals surface area contributed by atoms with Gasteiger partial charge in [-0.25, -0.2) is 0 Å². The van der Waals surface area contributed by atoms with E-state index in [2.05, 4.69) is 10.6 Å². The third-order valence-corrected chi connectivity index (χ3v) is 4.09. The summed E-state index contributed by atoms with van der Waals surface area (Å²) in [5.74, 6) is 0.104. The van der Waals surface area contributed by atoms with E-state index in [1.807, 2.05) is 32.0 Å². The summed E-state index contributed by atoms with van der Waals surface area (Å²) in [5.41, 5.74) is 2.76. The van der Waals surface area contributed by atoms with Gasteiger partial charge in [0.2, 0.25) is 0 Å². The zero-order valence-corrected chi connectivity index (χ0v) is 16.2. The maximum Gasteiger partial charge on any atom is 0.265 e. The number of nitrogens with one attached hydrogen (secondary N) is 2. The maximum atomic E-state index is 12.6. The van der Waals surface area contributed by atoms with Crippen LogP contribution in [0.4, 0.5) is 5.69 Å². The summed E-state index contributed by atoms with van der Waals surface area (Å²) >= 11 is 0. The summed E-state index contributed by atoms with van der Waals surface area (Å²) in [4.78, 5) is 24.9. The van der Waals surface area contributed by atoms with Crippen molar-refractivity contribution in [2.24, 2.45) is 0 Å². The number of methoxy groups -OCH3 is 1. The smallest absolute Gasteiger partial charge is 0.265 e. The van der Waals surface area contributed by atoms with Crippen molar-refractivity contribution in [1.82, 2.24) is 5.32 Å². The lowest BCUT2D eigenvalue weighted by molar-refractivity contribution is -0.122. The second kappa shape index (κ2) is 9.73. The SMILES string of the molecule is COCCNC(=O)c1ccccc1NC(=O)C(C)Oc1c(C)cccc1C. The molecular formula is C21H26N2O4. The first kappa shape index (κ1) is 20.5. The zero-order chi connectivity index (χ0) is 19.8. The minimum Gasteiger partial charge on any atom is -0.480 e. The van der Waals surface area contributed by atoms with Crippen LogP contribution in [-0.2, 0) is 9.53 Å². The van der Waals surface area contributed by atoms with E-state index in [1.165, 1.54) is 0 Å². The van der Waals surface area contributed by atoms with Gasteiger partial charge in [-0.15, -0.1) is 0 Å². The first-order valence-electron chi connectivity index (χ1n) is 8.84. The van der Waals surface area contributed by atoms with Crippen molar-refractivity contribution in [3.8, 4) is 5.75 Å². The Hall–Kier alpha value is -2.86. The van der Waals surface area contributed by atoms with Crippen molar-refractivity contribution in [3.63, 3.8) is 0 Å². The molecule has 1 unspecified atom stereocenters. The maximum absolute atomic E-state index is 12.6. The van der Waals surface area contributed by atoms with Crippen LogP contribution in [0.2, 0.25) is 0 Å². The Kier molecular flexibility index (Phi) is 7.37. The minimum absolute atomic E-state index is 0.272. The minimum atomic E-state index is -0.714. The number of ether oxygens (including phenoxy) is 2. The van der Waals surface area contributed by atoms with Gasteiger partial charge in [-0.3, -0.25) is 9.59 Å². The zero-order valence-electron chi connectivity index (χ0n) is 16.2. The number of benzene rings is 2. The van der Waals surface area contributed by atoms with E-state index >= 15 is 0 Å². The van der Waals surface area contributed by atoms with Crippen molar-refractivity contribution in [2.75, 3.05) is 25.6 Å². The molecule has 0 aliphatic rings. The van der Waals surface area contributed by atoms with Crippen LogP contribution in [0.5, 0.6) is 5.75 Å². The monoisotopic (exact) mass is 370 g/mol. The largest absolute Gasteiger partial charge is 0.480 e. The molecule has 0 aromatic heterocycles. The number of rotatable bonds is 8. The summed E-state index contributed by atoms with van der Waals surface area (Å²) < 4.78 is 10.8. The molecule has 0 aliphatic heterocycles. The Labute approximate surface area is 159 Å². The molecular weight excluding hydrogens is 344 g/mol. The number of amides is 2. The van der Waals surface area contributed by atoms with Crippen LogP contribution in [-0.4, -0.2) is 38.2 Å². The van der Waals surface area contributed by atoms with Gasteiger partial charge in [-0.2, -0.15) is 0 Å². The summed E-state index contributed by atoms with van der Waals surface area (Å²) in [5, 5.41) is 5.54. The van der Waals surface area contributed by atoms with Crippen molar-refractivity contribution in [1.29, 1.82) is 0 Å². The van der Waals surface area contributed by atoms with Gasteiger partial charge in [-0.1, -0.05) is 30.3 Å². The number of hydrogen-bond acceptors (Lipinski definition) is 4. The molecule has 1 atom stereocenters. The van der Waals surface area contributed by atoms with Crippen LogP contribution in [0.1, 0.15) is 28.4 Å². The van der Waals surface area contributed by atoms with Gasteiger partial charge in [0.25, 0.3) is 11.8 Å². The molecule has 2 aromatic carbocycles. The lowest BCUT2D eigenvalue weighted by Gasteiger charge is -2.19. The molecule has 2 N–H and O–H groups in total. The number of hydrogen-bond donors (Lipinski definition) is 2. The van der Waals surface area contributed by atoms with Gasteiger partial charge in [0.1, 0.15) is 5.75 Å². The average molecular weight is 370 g/mol. The molecule has 144 valence electrons. The van der Waals surface area contributed by atoms with Gasteiger partial charge < -0.3 is 20.1 Å². The highest BCUT2D eigenvalue weighted by atomic mass is 16.5. The lowest BCUT2D eigenvalue weighted by atomic mass is 10.1. The first-order valence-corrected chi connectivity index (χ1v) is 8.84. The van der Waals surface area contributed by atoms with E-state index < -0.39 is 6.10 Å². The molecule has 0 heterocycles. The van der Waals surface area contributed by atoms with E-state index in [-0.39, 0.29) is 11.8 Å². The van der Waals surface area contributed by atoms with Crippen molar-refractivity contribution < 1.29 is 19.1 Å². The van der Waals surface area contributed by atoms with E-state index in [0.29, 0.717) is 30.2 Å². The van der Waals surface area contributed by atoms with Crippen LogP contribution < -0.4 is 15.4 Å². The normalized spacial score (nSPS) is 11.6. The fourth-order valence-electron chi connectivity index (χ4n) is 2.60.